The molecule has 1 fully saturated rings. The van der Waals surface area contributed by atoms with Crippen molar-refractivity contribution in [1.29, 1.82) is 0 Å². The molecule has 24 heteroatoms. The molecule has 3 N–H and O–H groups in total. The van der Waals surface area contributed by atoms with Crippen LogP contribution in [0.1, 0.15) is 36.2 Å². The molecule has 2 aliphatic heterocycles. The zero-order valence-electron chi connectivity index (χ0n) is 28.3. The second-order valence-electron chi connectivity index (χ2n) is 10.2. The fourth-order valence-electron chi connectivity index (χ4n) is 4.58. The van der Waals surface area contributed by atoms with Crippen LogP contribution in [0.5, 0.6) is 11.5 Å². The standard InChI is InChI=1S/C29H25N7O11S4.2Na/c1-11-33-34-29(51-11)48-7-6-15-9-49-25-20(24(40)36(25)21(15)26(41)42)32-23(39)19(16-10-50-28(30)31-16)35-47-22(27(43)44)14-4-5-17(45-12(2)37)18(8-14)46-13(3)38;;/h4-8,10,20,22,25H,9H2,1-3H3,(H2,30,31)(H,32,39)(H,41,42)(H,43,44);;/q;2*+1/p-2/b7-6+,35-19-;;/t20-,22-,25+;;/m1../s1. The number of carboxylic acid groups (broad SMARTS) is 2. The number of carboxylic acids is 2. The number of ether oxygens (including phenoxy) is 2. The number of thiazole rings is 1. The molecule has 3 atom stereocenters. The van der Waals surface area contributed by atoms with Crippen molar-refractivity contribution in [3.8, 4) is 11.5 Å². The van der Waals surface area contributed by atoms with Gasteiger partial charge in [0.15, 0.2) is 32.8 Å². The van der Waals surface area contributed by atoms with Gasteiger partial charge >= 0.3 is 71.1 Å². The minimum absolute atomic E-state index is 0. The van der Waals surface area contributed by atoms with E-state index in [0.717, 1.165) is 47.2 Å². The first-order valence-corrected chi connectivity index (χ1v) is 17.9. The second kappa shape index (κ2) is 19.3. The molecule has 2 amide bonds. The number of nitrogen functional groups attached to an aromatic ring is 1. The van der Waals surface area contributed by atoms with Crippen LogP contribution in [-0.4, -0.2) is 78.7 Å². The predicted molar refractivity (Wildman–Crippen MR) is 178 cm³/mol. The average molecular weight is 820 g/mol. The summed E-state index contributed by atoms with van der Waals surface area (Å²) in [6.07, 6.45) is -0.466. The molecule has 5 rings (SSSR count). The third-order valence-electron chi connectivity index (χ3n) is 6.64. The van der Waals surface area contributed by atoms with E-state index in [9.17, 15) is 39.0 Å². The summed E-state index contributed by atoms with van der Waals surface area (Å²) in [7, 11) is 0. The van der Waals surface area contributed by atoms with Crippen LogP contribution < -0.4 is 89.9 Å². The monoisotopic (exact) mass is 819 g/mol. The first-order chi connectivity index (χ1) is 24.2. The van der Waals surface area contributed by atoms with Crippen LogP contribution >= 0.6 is 46.2 Å². The van der Waals surface area contributed by atoms with E-state index in [1.54, 1.807) is 12.3 Å². The molecule has 0 unspecified atom stereocenters. The number of carbonyl (C=O) groups is 6. The maximum absolute atomic E-state index is 13.6. The Hall–Kier alpha value is -3.32. The number of rotatable bonds is 13. The maximum Gasteiger partial charge on any atom is 1.00 e. The number of nitrogens with two attached hydrogens (primary N) is 1. The van der Waals surface area contributed by atoms with Crippen molar-refractivity contribution in [2.75, 3.05) is 11.5 Å². The maximum atomic E-state index is 13.6. The third kappa shape index (κ3) is 10.7. The molecule has 0 radical (unpaired) electrons. The Labute approximate surface area is 360 Å². The Morgan fingerprint density at radius 1 is 1.11 bits per heavy atom. The molecule has 4 heterocycles. The van der Waals surface area contributed by atoms with Gasteiger partial charge in [-0.05, 0) is 36.1 Å². The summed E-state index contributed by atoms with van der Waals surface area (Å²) < 4.78 is 10.7. The van der Waals surface area contributed by atoms with E-state index >= 15 is 0 Å². The van der Waals surface area contributed by atoms with E-state index in [4.69, 9.17) is 20.0 Å². The van der Waals surface area contributed by atoms with Crippen LogP contribution in [-0.2, 0) is 33.6 Å². The Balaban J connectivity index is 0.00000378. The van der Waals surface area contributed by atoms with Gasteiger partial charge in [-0.1, -0.05) is 34.3 Å². The molecular formula is C29H23N7Na2O11S4. The normalized spacial score (nSPS) is 17.1. The van der Waals surface area contributed by atoms with Crippen LogP contribution in [0.25, 0.3) is 0 Å². The quantitative estimate of drug-likeness (QED) is 0.0309. The molecule has 3 aromatic rings. The Morgan fingerprint density at radius 3 is 2.40 bits per heavy atom. The summed E-state index contributed by atoms with van der Waals surface area (Å²) in [5.74, 6) is -7.10. The van der Waals surface area contributed by atoms with Gasteiger partial charge in [0, 0.05) is 30.5 Å². The van der Waals surface area contributed by atoms with Crippen LogP contribution in [0.4, 0.5) is 5.13 Å². The zero-order chi connectivity index (χ0) is 37.0. The minimum Gasteiger partial charge on any atom is -0.546 e. The van der Waals surface area contributed by atoms with E-state index in [1.165, 1.54) is 52.4 Å². The molecule has 266 valence electrons. The number of carbonyl (C=O) groups excluding carboxylic acids is 6. The van der Waals surface area contributed by atoms with E-state index in [2.05, 4.69) is 25.7 Å². The number of fused-ring (bicyclic) bond motifs is 1. The van der Waals surface area contributed by atoms with E-state index < -0.39 is 58.9 Å². The fraction of sp³-hybridized carbons (Fsp3) is 0.241. The third-order valence-corrected chi connectivity index (χ3v) is 10.3. The molecular weight excluding hydrogens is 797 g/mol. The van der Waals surface area contributed by atoms with E-state index in [-0.39, 0.29) is 98.5 Å². The number of oxime groups is 1. The van der Waals surface area contributed by atoms with Crippen molar-refractivity contribution in [3.05, 3.63) is 62.6 Å². The number of nitrogens with zero attached hydrogens (tertiary/aromatic N) is 5. The van der Waals surface area contributed by atoms with E-state index in [0.29, 0.717) is 9.91 Å². The summed E-state index contributed by atoms with van der Waals surface area (Å²) in [4.78, 5) is 84.5. The van der Waals surface area contributed by atoms with Crippen molar-refractivity contribution in [2.24, 2.45) is 5.16 Å². The number of aromatic nitrogens is 3. The zero-order valence-corrected chi connectivity index (χ0v) is 35.6. The van der Waals surface area contributed by atoms with Crippen molar-refractivity contribution in [2.45, 2.75) is 42.6 Å². The van der Waals surface area contributed by atoms with Gasteiger partial charge in [0.05, 0.1) is 17.6 Å². The summed E-state index contributed by atoms with van der Waals surface area (Å²) in [6, 6.07) is 2.14. The number of aryl methyl sites for hydroxylation is 1. The number of anilines is 1. The first-order valence-electron chi connectivity index (χ1n) is 14.2. The summed E-state index contributed by atoms with van der Waals surface area (Å²) in [5.41, 5.74) is 4.80. The van der Waals surface area contributed by atoms with Gasteiger partial charge in [-0.25, -0.2) is 4.98 Å². The minimum atomic E-state index is -2.00. The Morgan fingerprint density at radius 2 is 1.81 bits per heavy atom. The summed E-state index contributed by atoms with van der Waals surface area (Å²) in [5, 5.41) is 41.3. The van der Waals surface area contributed by atoms with Gasteiger partial charge in [0.25, 0.3) is 11.8 Å². The van der Waals surface area contributed by atoms with Gasteiger partial charge in [-0.15, -0.1) is 33.3 Å². The molecule has 0 spiro atoms. The van der Waals surface area contributed by atoms with Crippen molar-refractivity contribution in [1.82, 2.24) is 25.4 Å². The number of allylic oxidation sites excluding steroid dienone is 1. The second-order valence-corrected chi connectivity index (χ2v) is 14.6. The van der Waals surface area contributed by atoms with Gasteiger partial charge < -0.3 is 45.2 Å². The number of nitrogens with one attached hydrogen (secondary N) is 1. The first kappa shape index (κ1) is 44.1. The van der Waals surface area contributed by atoms with Crippen molar-refractivity contribution >= 4 is 92.7 Å². The van der Waals surface area contributed by atoms with Gasteiger partial charge in [0.2, 0.25) is 0 Å². The molecule has 2 aromatic heterocycles. The van der Waals surface area contributed by atoms with Crippen LogP contribution in [0.2, 0.25) is 0 Å². The summed E-state index contributed by atoms with van der Waals surface area (Å²) >= 11 is 4.69. The Kier molecular flexibility index (Phi) is 16.1. The number of β-lactam (4-membered cyclic amide) rings is 1. The van der Waals surface area contributed by atoms with Crippen LogP contribution in [0, 0.1) is 6.92 Å². The topological polar surface area (TPSA) is 269 Å². The van der Waals surface area contributed by atoms with E-state index in [1.807, 2.05) is 0 Å². The van der Waals surface area contributed by atoms with Crippen molar-refractivity contribution in [3.63, 3.8) is 0 Å². The predicted octanol–water partition coefficient (Wildman–Crippen LogP) is -6.33. The van der Waals surface area contributed by atoms with Crippen LogP contribution in [0.3, 0.4) is 0 Å². The number of hydrogen-bond acceptors (Lipinski definition) is 20. The van der Waals surface area contributed by atoms with Crippen molar-refractivity contribution < 1.29 is 112 Å². The number of esters is 2. The van der Waals surface area contributed by atoms with Gasteiger partial charge in [-0.2, -0.15) is 0 Å². The number of benzene rings is 1. The molecule has 18 nitrogen and oxygen atoms in total. The SMILES string of the molecule is CC(=O)Oc1ccc([C@@H](O/N=C(\C(=O)N[C@@H]2C(=O)N3C(C(=O)[O-])=C(/C=C/Sc4nnc(C)s4)CS[C@@H]23)c2csc(N)n2)C(=O)[O-])cc1OC(C)=O.[Na+].[Na+]. The fourth-order valence-corrected chi connectivity index (χ4v) is 8.02. The van der Waals surface area contributed by atoms with Gasteiger partial charge in [-0.3, -0.25) is 24.1 Å². The molecule has 0 saturated carbocycles. The molecule has 0 aliphatic carbocycles. The Bertz CT molecular complexity index is 2040. The molecule has 1 saturated heterocycles. The largest absolute Gasteiger partial charge is 1.00 e. The number of aliphatic carboxylic acids is 2. The summed E-state index contributed by atoms with van der Waals surface area (Å²) in [6.45, 7) is 3.96. The molecule has 1 aromatic carbocycles. The number of amides is 2. The number of hydrogen-bond donors (Lipinski definition) is 2. The molecule has 2 aliphatic rings. The molecule has 53 heavy (non-hydrogen) atoms. The van der Waals surface area contributed by atoms with Gasteiger partial charge in [0.1, 0.15) is 22.1 Å². The molecule has 0 bridgehead atoms. The average Bonchev–Trinajstić information content (AvgIpc) is 3.68. The number of thioether (sulfide) groups is 2. The van der Waals surface area contributed by atoms with Crippen LogP contribution in [0.15, 0.2) is 55.8 Å². The smallest absolute Gasteiger partial charge is 0.546 e.